The summed E-state index contributed by atoms with van der Waals surface area (Å²) in [7, 11) is 3.29. The number of benzene rings is 1. The molecule has 1 saturated heterocycles. The van der Waals surface area contributed by atoms with Crippen LogP contribution in [-0.4, -0.2) is 52.1 Å². The molecule has 112 valence electrons. The van der Waals surface area contributed by atoms with E-state index in [9.17, 15) is 0 Å². The lowest BCUT2D eigenvalue weighted by atomic mass is 10.1. The molecule has 6 heteroatoms. The van der Waals surface area contributed by atoms with E-state index in [0.717, 1.165) is 43.4 Å². The molecule has 1 aromatic rings. The van der Waals surface area contributed by atoms with E-state index in [1.165, 1.54) is 0 Å². The van der Waals surface area contributed by atoms with Gasteiger partial charge in [-0.05, 0) is 12.1 Å². The first-order valence-electron chi connectivity index (χ1n) is 6.79. The van der Waals surface area contributed by atoms with E-state index < -0.39 is 0 Å². The van der Waals surface area contributed by atoms with Gasteiger partial charge in [-0.1, -0.05) is 0 Å². The first-order chi connectivity index (χ1) is 9.78. The van der Waals surface area contributed by atoms with Gasteiger partial charge in [-0.25, -0.2) is 10.4 Å². The number of hydrogen-bond acceptors (Lipinski definition) is 6. The highest BCUT2D eigenvalue weighted by Crippen LogP contribution is 2.29. The normalized spacial score (nSPS) is 17.8. The monoisotopic (exact) mass is 281 g/mol. The standard InChI is InChI=1S/C14H23N3O3/c1-18-11-3-4-12(14(9-11)19-2)13(10-15)16-17-5-7-20-8-6-17/h3-4,9,13,16H,5-8,10,15H2,1-2H3. The second-order valence-electron chi connectivity index (χ2n) is 4.62. The zero-order valence-corrected chi connectivity index (χ0v) is 12.1. The molecule has 1 unspecified atom stereocenters. The molecule has 0 bridgehead atoms. The molecular weight excluding hydrogens is 258 g/mol. The molecule has 1 aliphatic rings. The predicted octanol–water partition coefficient (Wildman–Crippen LogP) is 0.540. The first kappa shape index (κ1) is 15.1. The average molecular weight is 281 g/mol. The fourth-order valence-corrected chi connectivity index (χ4v) is 2.27. The summed E-state index contributed by atoms with van der Waals surface area (Å²) in [4.78, 5) is 0. The Labute approximate surface area is 119 Å². The number of rotatable bonds is 6. The second-order valence-corrected chi connectivity index (χ2v) is 4.62. The Kier molecular flexibility index (Phi) is 5.60. The topological polar surface area (TPSA) is 69.0 Å². The number of hydrogen-bond donors (Lipinski definition) is 2. The maximum Gasteiger partial charge on any atom is 0.127 e. The van der Waals surface area contributed by atoms with Crippen molar-refractivity contribution in [2.75, 3.05) is 47.1 Å². The molecule has 1 atom stereocenters. The summed E-state index contributed by atoms with van der Waals surface area (Å²) in [5.41, 5.74) is 10.4. The molecule has 0 aromatic heterocycles. The molecule has 0 aliphatic carbocycles. The molecule has 6 nitrogen and oxygen atoms in total. The molecule has 1 aliphatic heterocycles. The van der Waals surface area contributed by atoms with Gasteiger partial charge in [0.1, 0.15) is 11.5 Å². The van der Waals surface area contributed by atoms with E-state index in [4.69, 9.17) is 19.9 Å². The molecule has 2 rings (SSSR count). The highest BCUT2D eigenvalue weighted by atomic mass is 16.5. The van der Waals surface area contributed by atoms with Gasteiger partial charge in [0.05, 0.1) is 33.5 Å². The number of hydrazine groups is 1. The fraction of sp³-hybridized carbons (Fsp3) is 0.571. The zero-order valence-electron chi connectivity index (χ0n) is 12.1. The van der Waals surface area contributed by atoms with Crippen LogP contribution < -0.4 is 20.6 Å². The molecule has 0 radical (unpaired) electrons. The largest absolute Gasteiger partial charge is 0.497 e. The third-order valence-electron chi connectivity index (χ3n) is 3.40. The second kappa shape index (κ2) is 7.44. The summed E-state index contributed by atoms with van der Waals surface area (Å²) >= 11 is 0. The van der Waals surface area contributed by atoms with Crippen LogP contribution in [0.1, 0.15) is 11.6 Å². The summed E-state index contributed by atoms with van der Waals surface area (Å²) in [5, 5.41) is 2.14. The Bertz CT molecular complexity index is 422. The van der Waals surface area contributed by atoms with Gasteiger partial charge in [-0.15, -0.1) is 0 Å². The number of nitrogens with zero attached hydrogens (tertiary/aromatic N) is 1. The minimum absolute atomic E-state index is 0.00829. The van der Waals surface area contributed by atoms with Gasteiger partial charge >= 0.3 is 0 Å². The lowest BCUT2D eigenvalue weighted by Crippen LogP contribution is -2.48. The molecular formula is C14H23N3O3. The van der Waals surface area contributed by atoms with Gasteiger partial charge in [-0.3, -0.25) is 0 Å². The van der Waals surface area contributed by atoms with Crippen LogP contribution >= 0.6 is 0 Å². The minimum atomic E-state index is 0.00829. The zero-order chi connectivity index (χ0) is 14.4. The molecule has 1 aromatic carbocycles. The van der Waals surface area contributed by atoms with Crippen LogP contribution in [0.15, 0.2) is 18.2 Å². The van der Waals surface area contributed by atoms with Crippen LogP contribution in [0.2, 0.25) is 0 Å². The number of methoxy groups -OCH3 is 2. The van der Waals surface area contributed by atoms with Crippen molar-refractivity contribution in [3.8, 4) is 11.5 Å². The smallest absolute Gasteiger partial charge is 0.127 e. The van der Waals surface area contributed by atoms with Crippen LogP contribution in [0, 0.1) is 0 Å². The van der Waals surface area contributed by atoms with Crippen LogP contribution in [0.3, 0.4) is 0 Å². The SMILES string of the molecule is COc1ccc(C(CN)NN2CCOCC2)c(OC)c1. The van der Waals surface area contributed by atoms with Gasteiger partial charge in [0, 0.05) is 31.3 Å². The van der Waals surface area contributed by atoms with Crippen molar-refractivity contribution in [1.29, 1.82) is 0 Å². The van der Waals surface area contributed by atoms with Gasteiger partial charge in [0.15, 0.2) is 0 Å². The first-order valence-corrected chi connectivity index (χ1v) is 6.79. The Morgan fingerprint density at radius 3 is 2.65 bits per heavy atom. The van der Waals surface area contributed by atoms with Crippen LogP contribution in [0.4, 0.5) is 0 Å². The van der Waals surface area contributed by atoms with Crippen LogP contribution in [-0.2, 0) is 4.74 Å². The van der Waals surface area contributed by atoms with E-state index in [1.54, 1.807) is 14.2 Å². The van der Waals surface area contributed by atoms with Crippen LogP contribution in [0.25, 0.3) is 0 Å². The molecule has 0 saturated carbocycles. The van der Waals surface area contributed by atoms with E-state index in [1.807, 2.05) is 18.2 Å². The molecule has 0 spiro atoms. The van der Waals surface area contributed by atoms with Gasteiger partial charge in [0.25, 0.3) is 0 Å². The Hall–Kier alpha value is -1.34. The summed E-state index contributed by atoms with van der Waals surface area (Å²) < 4.78 is 16.0. The van der Waals surface area contributed by atoms with Crippen molar-refractivity contribution in [3.63, 3.8) is 0 Å². The van der Waals surface area contributed by atoms with Crippen LogP contribution in [0.5, 0.6) is 11.5 Å². The van der Waals surface area contributed by atoms with Gasteiger partial charge in [-0.2, -0.15) is 0 Å². The molecule has 20 heavy (non-hydrogen) atoms. The highest BCUT2D eigenvalue weighted by molar-refractivity contribution is 5.42. The third kappa shape index (κ3) is 3.61. The fourth-order valence-electron chi connectivity index (χ4n) is 2.27. The highest BCUT2D eigenvalue weighted by Gasteiger charge is 2.19. The van der Waals surface area contributed by atoms with Crippen molar-refractivity contribution in [3.05, 3.63) is 23.8 Å². The maximum atomic E-state index is 5.91. The summed E-state index contributed by atoms with van der Waals surface area (Å²) in [6, 6.07) is 5.79. The van der Waals surface area contributed by atoms with Crippen molar-refractivity contribution < 1.29 is 14.2 Å². The predicted molar refractivity (Wildman–Crippen MR) is 76.9 cm³/mol. The molecule has 1 heterocycles. The summed E-state index contributed by atoms with van der Waals surface area (Å²) in [6.45, 7) is 3.68. The van der Waals surface area contributed by atoms with Gasteiger partial charge < -0.3 is 19.9 Å². The lowest BCUT2D eigenvalue weighted by molar-refractivity contribution is 0.00388. The molecule has 3 N–H and O–H groups in total. The third-order valence-corrected chi connectivity index (χ3v) is 3.40. The van der Waals surface area contributed by atoms with Crippen molar-refractivity contribution in [2.45, 2.75) is 6.04 Å². The van der Waals surface area contributed by atoms with Crippen molar-refractivity contribution in [2.24, 2.45) is 5.73 Å². The quantitative estimate of drug-likeness (QED) is 0.793. The summed E-state index contributed by atoms with van der Waals surface area (Å²) in [6.07, 6.45) is 0. The van der Waals surface area contributed by atoms with Crippen molar-refractivity contribution in [1.82, 2.24) is 10.4 Å². The van der Waals surface area contributed by atoms with E-state index in [2.05, 4.69) is 10.4 Å². The summed E-state index contributed by atoms with van der Waals surface area (Å²) in [5.74, 6) is 1.55. The Balaban J connectivity index is 2.13. The minimum Gasteiger partial charge on any atom is -0.497 e. The van der Waals surface area contributed by atoms with Gasteiger partial charge in [0.2, 0.25) is 0 Å². The molecule has 1 fully saturated rings. The van der Waals surface area contributed by atoms with E-state index in [-0.39, 0.29) is 6.04 Å². The number of nitrogens with one attached hydrogen (secondary N) is 1. The number of ether oxygens (including phenoxy) is 3. The number of nitrogens with two attached hydrogens (primary N) is 1. The lowest BCUT2D eigenvalue weighted by Gasteiger charge is -2.32. The molecule has 0 amide bonds. The number of morpholine rings is 1. The van der Waals surface area contributed by atoms with E-state index >= 15 is 0 Å². The Morgan fingerprint density at radius 2 is 2.05 bits per heavy atom. The van der Waals surface area contributed by atoms with Crippen molar-refractivity contribution >= 4 is 0 Å². The van der Waals surface area contributed by atoms with E-state index in [0.29, 0.717) is 6.54 Å². The Morgan fingerprint density at radius 1 is 1.30 bits per heavy atom. The average Bonchev–Trinajstić information content (AvgIpc) is 2.53. The maximum absolute atomic E-state index is 5.91.